The molecule has 1 N–H and O–H groups in total. The molecule has 19 heavy (non-hydrogen) atoms. The average molecular weight is 299 g/mol. The zero-order chi connectivity index (χ0) is 13.8. The van der Waals surface area contributed by atoms with E-state index in [0.717, 1.165) is 28.4 Å². The fourth-order valence-corrected chi connectivity index (χ4v) is 2.77. The maximum atomic E-state index is 13.4. The van der Waals surface area contributed by atoms with Crippen LogP contribution in [-0.4, -0.2) is 11.5 Å². The van der Waals surface area contributed by atoms with Gasteiger partial charge in [0.2, 0.25) is 0 Å². The summed E-state index contributed by atoms with van der Waals surface area (Å²) in [5.41, 5.74) is 0.765. The lowest BCUT2D eigenvalue weighted by atomic mass is 10.2. The Labute approximate surface area is 121 Å². The second-order valence-corrected chi connectivity index (χ2v) is 5.84. The maximum absolute atomic E-state index is 13.4. The van der Waals surface area contributed by atoms with Crippen molar-refractivity contribution in [2.75, 3.05) is 6.54 Å². The molecule has 0 fully saturated rings. The van der Waals surface area contributed by atoms with Crippen LogP contribution in [0.5, 0.6) is 0 Å². The zero-order valence-corrected chi connectivity index (χ0v) is 12.5. The zero-order valence-electron chi connectivity index (χ0n) is 10.9. The third-order valence-electron chi connectivity index (χ3n) is 2.82. The molecule has 0 bridgehead atoms. The van der Waals surface area contributed by atoms with Crippen LogP contribution in [0, 0.1) is 5.82 Å². The first kappa shape index (κ1) is 14.4. The van der Waals surface area contributed by atoms with Crippen LogP contribution in [0.25, 0.3) is 10.6 Å². The van der Waals surface area contributed by atoms with E-state index in [9.17, 15) is 4.39 Å². The van der Waals surface area contributed by atoms with E-state index in [1.54, 1.807) is 23.5 Å². The van der Waals surface area contributed by atoms with Gasteiger partial charge in [-0.05, 0) is 32.0 Å². The third-order valence-corrected chi connectivity index (χ3v) is 4.35. The fourth-order valence-electron chi connectivity index (χ4n) is 1.71. The first-order valence-electron chi connectivity index (χ1n) is 6.26. The van der Waals surface area contributed by atoms with Gasteiger partial charge in [0.05, 0.1) is 5.02 Å². The van der Waals surface area contributed by atoms with E-state index in [0.29, 0.717) is 0 Å². The Morgan fingerprint density at radius 3 is 2.95 bits per heavy atom. The minimum Gasteiger partial charge on any atom is -0.309 e. The minimum absolute atomic E-state index is 0.138. The second kappa shape index (κ2) is 6.46. The average Bonchev–Trinajstić information content (AvgIpc) is 2.89. The summed E-state index contributed by atoms with van der Waals surface area (Å²) >= 11 is 7.25. The summed E-state index contributed by atoms with van der Waals surface area (Å²) in [5.74, 6) is -0.409. The van der Waals surface area contributed by atoms with Gasteiger partial charge in [0.25, 0.3) is 0 Å². The lowest BCUT2D eigenvalue weighted by molar-refractivity contribution is 0.577. The topological polar surface area (TPSA) is 24.9 Å². The highest BCUT2D eigenvalue weighted by atomic mass is 35.5. The van der Waals surface area contributed by atoms with Crippen molar-refractivity contribution in [3.05, 3.63) is 40.1 Å². The fraction of sp³-hybridized carbons (Fsp3) is 0.357. The number of nitrogens with zero attached hydrogens (tertiary/aromatic N) is 1. The molecule has 0 aliphatic rings. The number of hydrogen-bond donors (Lipinski definition) is 1. The van der Waals surface area contributed by atoms with Gasteiger partial charge in [-0.3, -0.25) is 0 Å². The van der Waals surface area contributed by atoms with E-state index < -0.39 is 5.82 Å². The first-order chi connectivity index (χ1) is 9.11. The van der Waals surface area contributed by atoms with Crippen molar-refractivity contribution in [2.45, 2.75) is 26.3 Å². The smallest absolute Gasteiger partial charge is 0.142 e. The van der Waals surface area contributed by atoms with Gasteiger partial charge in [0.15, 0.2) is 0 Å². The highest BCUT2D eigenvalue weighted by molar-refractivity contribution is 7.15. The molecule has 1 aromatic heterocycles. The molecule has 0 radical (unpaired) electrons. The summed E-state index contributed by atoms with van der Waals surface area (Å²) in [6, 6.07) is 5.04. The van der Waals surface area contributed by atoms with Crippen molar-refractivity contribution >= 4 is 22.9 Å². The Morgan fingerprint density at radius 2 is 2.26 bits per heavy atom. The molecule has 2 nitrogen and oxygen atoms in total. The molecule has 1 heterocycles. The third kappa shape index (κ3) is 3.53. The first-order valence-corrected chi connectivity index (χ1v) is 7.45. The quantitative estimate of drug-likeness (QED) is 0.868. The Morgan fingerprint density at radius 1 is 1.47 bits per heavy atom. The summed E-state index contributed by atoms with van der Waals surface area (Å²) in [6.07, 6.45) is 2.94. The predicted molar refractivity (Wildman–Crippen MR) is 79.2 cm³/mol. The van der Waals surface area contributed by atoms with E-state index >= 15 is 0 Å². The van der Waals surface area contributed by atoms with E-state index in [2.05, 4.69) is 24.1 Å². The van der Waals surface area contributed by atoms with Gasteiger partial charge in [-0.25, -0.2) is 9.37 Å². The largest absolute Gasteiger partial charge is 0.309 e. The van der Waals surface area contributed by atoms with Gasteiger partial charge in [-0.1, -0.05) is 24.6 Å². The molecular weight excluding hydrogens is 283 g/mol. The van der Waals surface area contributed by atoms with Crippen LogP contribution in [0.2, 0.25) is 5.02 Å². The molecule has 102 valence electrons. The summed E-state index contributed by atoms with van der Waals surface area (Å²) in [7, 11) is 0. The summed E-state index contributed by atoms with van der Waals surface area (Å²) in [4.78, 5) is 5.51. The van der Waals surface area contributed by atoms with Gasteiger partial charge >= 0.3 is 0 Å². The number of thiazole rings is 1. The number of aromatic nitrogens is 1. The Hall–Kier alpha value is -0.970. The molecule has 0 aliphatic heterocycles. The SMILES string of the molecule is CCCNC(C)c1cnc(-c2ccc(Cl)c(F)c2)s1. The van der Waals surface area contributed by atoms with Crippen molar-refractivity contribution in [3.63, 3.8) is 0 Å². The van der Waals surface area contributed by atoms with Gasteiger partial charge in [0.1, 0.15) is 10.8 Å². The minimum atomic E-state index is -0.409. The Balaban J connectivity index is 2.18. The van der Waals surface area contributed by atoms with Crippen molar-refractivity contribution in [1.29, 1.82) is 0 Å². The van der Waals surface area contributed by atoms with Crippen LogP contribution in [0.4, 0.5) is 4.39 Å². The number of rotatable bonds is 5. The lowest BCUT2D eigenvalue weighted by Crippen LogP contribution is -2.18. The standard InChI is InChI=1S/C14H16ClFN2S/c1-3-6-17-9(2)13-8-18-14(19-13)10-4-5-11(15)12(16)7-10/h4-5,7-9,17H,3,6H2,1-2H3. The summed E-state index contributed by atoms with van der Waals surface area (Å²) in [5, 5.41) is 4.36. The number of benzene rings is 1. The number of nitrogens with one attached hydrogen (secondary N) is 1. The van der Waals surface area contributed by atoms with Crippen molar-refractivity contribution in [2.24, 2.45) is 0 Å². The van der Waals surface area contributed by atoms with Gasteiger partial charge < -0.3 is 5.32 Å². The molecule has 2 aromatic rings. The number of halogens is 2. The highest BCUT2D eigenvalue weighted by Gasteiger charge is 2.11. The molecule has 0 saturated heterocycles. The van der Waals surface area contributed by atoms with E-state index in [-0.39, 0.29) is 11.1 Å². The van der Waals surface area contributed by atoms with Crippen molar-refractivity contribution < 1.29 is 4.39 Å². The van der Waals surface area contributed by atoms with E-state index in [4.69, 9.17) is 11.6 Å². The van der Waals surface area contributed by atoms with Crippen LogP contribution >= 0.6 is 22.9 Å². The molecule has 1 atom stereocenters. The van der Waals surface area contributed by atoms with E-state index in [1.807, 2.05) is 6.20 Å². The van der Waals surface area contributed by atoms with Crippen LogP contribution in [0.3, 0.4) is 0 Å². The Kier molecular flexibility index (Phi) is 4.91. The van der Waals surface area contributed by atoms with Gasteiger partial charge in [0, 0.05) is 22.7 Å². The highest BCUT2D eigenvalue weighted by Crippen LogP contribution is 2.30. The molecule has 1 unspecified atom stereocenters. The van der Waals surface area contributed by atoms with Gasteiger partial charge in [-0.15, -0.1) is 11.3 Å². The molecule has 2 rings (SSSR count). The predicted octanol–water partition coefficient (Wildman–Crippen LogP) is 4.66. The summed E-state index contributed by atoms with van der Waals surface area (Å²) < 4.78 is 13.4. The van der Waals surface area contributed by atoms with Crippen molar-refractivity contribution in [3.8, 4) is 10.6 Å². The van der Waals surface area contributed by atoms with Gasteiger partial charge in [-0.2, -0.15) is 0 Å². The maximum Gasteiger partial charge on any atom is 0.142 e. The van der Waals surface area contributed by atoms with Crippen LogP contribution in [0.15, 0.2) is 24.4 Å². The Bertz CT molecular complexity index is 556. The molecular formula is C14H16ClFN2S. The monoisotopic (exact) mass is 298 g/mol. The molecule has 0 amide bonds. The lowest BCUT2D eigenvalue weighted by Gasteiger charge is -2.09. The molecule has 5 heteroatoms. The van der Waals surface area contributed by atoms with E-state index in [1.165, 1.54) is 6.07 Å². The second-order valence-electron chi connectivity index (χ2n) is 4.37. The van der Waals surface area contributed by atoms with Crippen LogP contribution in [0.1, 0.15) is 31.2 Å². The normalized spacial score (nSPS) is 12.6. The number of hydrogen-bond acceptors (Lipinski definition) is 3. The molecule has 0 saturated carbocycles. The molecule has 0 spiro atoms. The van der Waals surface area contributed by atoms with Crippen molar-refractivity contribution in [1.82, 2.24) is 10.3 Å². The molecule has 0 aliphatic carbocycles. The van der Waals surface area contributed by atoms with Crippen LogP contribution < -0.4 is 5.32 Å². The van der Waals surface area contributed by atoms with Crippen LogP contribution in [-0.2, 0) is 0 Å². The summed E-state index contributed by atoms with van der Waals surface area (Å²) in [6.45, 7) is 5.22. The molecule has 1 aromatic carbocycles.